The lowest BCUT2D eigenvalue weighted by atomic mass is 10.2. The van der Waals surface area contributed by atoms with Gasteiger partial charge >= 0.3 is 0 Å². The fourth-order valence-corrected chi connectivity index (χ4v) is 3.28. The Bertz CT molecular complexity index is 530. The third kappa shape index (κ3) is 6.67. The number of hydrogen-bond donors (Lipinski definition) is 0. The van der Waals surface area contributed by atoms with Gasteiger partial charge in [0.25, 0.3) is 0 Å². The maximum atomic E-state index is 2.51. The van der Waals surface area contributed by atoms with Crippen molar-refractivity contribution in [3.63, 3.8) is 0 Å². The van der Waals surface area contributed by atoms with Crippen LogP contribution in [0.3, 0.4) is 0 Å². The molecule has 0 saturated heterocycles. The van der Waals surface area contributed by atoms with Crippen molar-refractivity contribution in [3.05, 3.63) is 60.7 Å². The molecule has 0 spiro atoms. The molecule has 0 saturated carbocycles. The minimum Gasteiger partial charge on any atom is -0.370 e. The summed E-state index contributed by atoms with van der Waals surface area (Å²) < 4.78 is 0. The molecular weight excluding hydrogens is 300 g/mol. The minimum absolute atomic E-state index is 1.09. The first-order chi connectivity index (χ1) is 11.3. The molecule has 124 valence electrons. The van der Waals surface area contributed by atoms with Gasteiger partial charge < -0.3 is 9.80 Å². The summed E-state index contributed by atoms with van der Waals surface area (Å²) in [5.41, 5.74) is 1.33. The van der Waals surface area contributed by atoms with Gasteiger partial charge in [-0.15, -0.1) is 11.8 Å². The zero-order valence-corrected chi connectivity index (χ0v) is 15.1. The van der Waals surface area contributed by atoms with Crippen LogP contribution in [0.15, 0.2) is 65.6 Å². The van der Waals surface area contributed by atoms with Crippen LogP contribution in [0.2, 0.25) is 0 Å². The summed E-state index contributed by atoms with van der Waals surface area (Å²) in [5.74, 6) is 1.16. The Labute approximate surface area is 145 Å². The van der Waals surface area contributed by atoms with E-state index in [1.54, 1.807) is 0 Å². The van der Waals surface area contributed by atoms with E-state index in [2.05, 4.69) is 84.4 Å². The third-order valence-electron chi connectivity index (χ3n) is 4.00. The Hall–Kier alpha value is -1.45. The normalized spacial score (nSPS) is 10.9. The van der Waals surface area contributed by atoms with E-state index >= 15 is 0 Å². The topological polar surface area (TPSA) is 6.48 Å². The van der Waals surface area contributed by atoms with Crippen molar-refractivity contribution in [2.75, 3.05) is 43.9 Å². The van der Waals surface area contributed by atoms with Crippen LogP contribution in [0, 0.1) is 0 Å². The number of thioether (sulfide) groups is 1. The number of para-hydroxylation sites is 1. The van der Waals surface area contributed by atoms with Gasteiger partial charge in [-0.1, -0.05) is 43.3 Å². The van der Waals surface area contributed by atoms with Crippen molar-refractivity contribution in [1.29, 1.82) is 0 Å². The molecule has 2 aromatic rings. The van der Waals surface area contributed by atoms with Crippen molar-refractivity contribution in [2.24, 2.45) is 0 Å². The Kier molecular flexibility index (Phi) is 8.05. The molecule has 23 heavy (non-hydrogen) atoms. The first-order valence-corrected chi connectivity index (χ1v) is 9.44. The second kappa shape index (κ2) is 10.3. The van der Waals surface area contributed by atoms with Crippen LogP contribution in [-0.2, 0) is 0 Å². The van der Waals surface area contributed by atoms with Crippen molar-refractivity contribution in [3.8, 4) is 0 Å². The first-order valence-electron chi connectivity index (χ1n) is 8.46. The van der Waals surface area contributed by atoms with Crippen LogP contribution in [0.25, 0.3) is 0 Å². The zero-order chi connectivity index (χ0) is 16.3. The van der Waals surface area contributed by atoms with Crippen molar-refractivity contribution >= 4 is 17.4 Å². The molecule has 2 nitrogen and oxygen atoms in total. The van der Waals surface area contributed by atoms with Gasteiger partial charge in [0, 0.05) is 30.2 Å². The number of rotatable bonds is 10. The predicted octanol–water partition coefficient (Wildman–Crippen LogP) is 4.63. The largest absolute Gasteiger partial charge is 0.370 e. The van der Waals surface area contributed by atoms with Crippen molar-refractivity contribution in [2.45, 2.75) is 18.2 Å². The smallest absolute Gasteiger partial charge is 0.0366 e. The molecule has 0 heterocycles. The average molecular weight is 329 g/mol. The molecule has 0 aliphatic rings. The monoisotopic (exact) mass is 328 g/mol. The third-order valence-corrected chi connectivity index (χ3v) is 5.10. The molecule has 2 aromatic carbocycles. The van der Waals surface area contributed by atoms with Gasteiger partial charge in [0.05, 0.1) is 0 Å². The van der Waals surface area contributed by atoms with Crippen molar-refractivity contribution in [1.82, 2.24) is 4.90 Å². The number of anilines is 1. The zero-order valence-electron chi connectivity index (χ0n) is 14.3. The molecule has 0 aliphatic heterocycles. The number of hydrogen-bond acceptors (Lipinski definition) is 3. The standard InChI is InChI=1S/C20H28N2S/c1-3-21(2)16-17-22(19-11-6-4-7-12-19)15-10-18-23-20-13-8-5-9-14-20/h4-9,11-14H,3,10,15-18H2,1-2H3. The summed E-state index contributed by atoms with van der Waals surface area (Å²) in [7, 11) is 2.19. The molecule has 0 aromatic heterocycles. The highest BCUT2D eigenvalue weighted by atomic mass is 32.2. The van der Waals surface area contributed by atoms with Crippen LogP contribution in [-0.4, -0.2) is 43.9 Å². The van der Waals surface area contributed by atoms with Crippen LogP contribution in [0.1, 0.15) is 13.3 Å². The van der Waals surface area contributed by atoms with E-state index in [1.807, 2.05) is 11.8 Å². The lowest BCUT2D eigenvalue weighted by Gasteiger charge is -2.27. The Morgan fingerprint density at radius 1 is 0.826 bits per heavy atom. The molecule has 0 radical (unpaired) electrons. The van der Waals surface area contributed by atoms with E-state index in [9.17, 15) is 0 Å². The van der Waals surface area contributed by atoms with Gasteiger partial charge in [0.1, 0.15) is 0 Å². The molecule has 0 N–H and O–H groups in total. The summed E-state index contributed by atoms with van der Waals surface area (Å²) in [6, 6.07) is 21.5. The second-order valence-corrected chi connectivity index (χ2v) is 6.90. The SMILES string of the molecule is CCN(C)CCN(CCCSc1ccccc1)c1ccccc1. The Balaban J connectivity index is 1.82. The quantitative estimate of drug-likeness (QED) is 0.464. The molecule has 0 unspecified atom stereocenters. The van der Waals surface area contributed by atoms with Crippen molar-refractivity contribution < 1.29 is 0 Å². The van der Waals surface area contributed by atoms with E-state index < -0.39 is 0 Å². The van der Waals surface area contributed by atoms with Gasteiger partial charge in [0.2, 0.25) is 0 Å². The van der Waals surface area contributed by atoms with Gasteiger partial charge in [0.15, 0.2) is 0 Å². The number of benzene rings is 2. The van der Waals surface area contributed by atoms with Gasteiger partial charge in [-0.3, -0.25) is 0 Å². The van der Waals surface area contributed by atoms with E-state index in [0.29, 0.717) is 0 Å². The van der Waals surface area contributed by atoms with Gasteiger partial charge in [-0.25, -0.2) is 0 Å². The van der Waals surface area contributed by atoms with Gasteiger partial charge in [-0.05, 0) is 50.0 Å². The van der Waals surface area contributed by atoms with Crippen LogP contribution < -0.4 is 4.90 Å². The number of likely N-dealkylation sites (N-methyl/N-ethyl adjacent to an activating group) is 1. The number of nitrogens with zero attached hydrogens (tertiary/aromatic N) is 2. The van der Waals surface area contributed by atoms with Crippen LogP contribution >= 0.6 is 11.8 Å². The molecule has 0 fully saturated rings. The molecule has 0 atom stereocenters. The Morgan fingerprint density at radius 2 is 1.48 bits per heavy atom. The fraction of sp³-hybridized carbons (Fsp3) is 0.400. The van der Waals surface area contributed by atoms with E-state index in [-0.39, 0.29) is 0 Å². The summed E-state index contributed by atoms with van der Waals surface area (Å²) in [6.07, 6.45) is 1.20. The Morgan fingerprint density at radius 3 is 2.13 bits per heavy atom. The lowest BCUT2D eigenvalue weighted by Crippen LogP contribution is -2.34. The highest BCUT2D eigenvalue weighted by Gasteiger charge is 2.07. The first kappa shape index (κ1) is 17.9. The van der Waals surface area contributed by atoms with Crippen LogP contribution in [0.4, 0.5) is 5.69 Å². The van der Waals surface area contributed by atoms with E-state index in [0.717, 1.165) is 31.9 Å². The minimum atomic E-state index is 1.09. The second-order valence-electron chi connectivity index (χ2n) is 5.73. The average Bonchev–Trinajstić information content (AvgIpc) is 2.62. The highest BCUT2D eigenvalue weighted by molar-refractivity contribution is 7.99. The summed E-state index contributed by atoms with van der Waals surface area (Å²) >= 11 is 1.95. The molecule has 2 rings (SSSR count). The maximum Gasteiger partial charge on any atom is 0.0366 e. The van der Waals surface area contributed by atoms with E-state index in [4.69, 9.17) is 0 Å². The molecule has 3 heteroatoms. The summed E-state index contributed by atoms with van der Waals surface area (Å²) in [6.45, 7) is 6.62. The lowest BCUT2D eigenvalue weighted by molar-refractivity contribution is 0.358. The van der Waals surface area contributed by atoms with Crippen LogP contribution in [0.5, 0.6) is 0 Å². The maximum absolute atomic E-state index is 2.51. The molecular formula is C20H28N2S. The summed E-state index contributed by atoms with van der Waals surface area (Å²) in [4.78, 5) is 6.25. The highest BCUT2D eigenvalue weighted by Crippen LogP contribution is 2.19. The fourth-order valence-electron chi connectivity index (χ4n) is 2.42. The molecule has 0 aliphatic carbocycles. The molecule has 0 bridgehead atoms. The molecule has 0 amide bonds. The van der Waals surface area contributed by atoms with E-state index in [1.165, 1.54) is 17.0 Å². The van der Waals surface area contributed by atoms with Gasteiger partial charge in [-0.2, -0.15) is 0 Å². The predicted molar refractivity (Wildman–Crippen MR) is 104 cm³/mol. The summed E-state index contributed by atoms with van der Waals surface area (Å²) in [5, 5.41) is 0.